The maximum Gasteiger partial charge on any atom is 0.133 e. The zero-order valence-corrected chi connectivity index (χ0v) is 10.1. The summed E-state index contributed by atoms with van der Waals surface area (Å²) in [5.41, 5.74) is 3.63. The molecule has 1 atom stereocenters. The zero-order chi connectivity index (χ0) is 10.9. The quantitative estimate of drug-likeness (QED) is 0.623. The molecule has 0 bridgehead atoms. The molecule has 0 saturated heterocycles. The average Bonchev–Trinajstić information content (AvgIpc) is 2.55. The van der Waals surface area contributed by atoms with E-state index in [1.165, 1.54) is 25.7 Å². The van der Waals surface area contributed by atoms with Gasteiger partial charge in [-0.3, -0.25) is 4.79 Å². The molecule has 0 aromatic rings. The highest BCUT2D eigenvalue weighted by molar-refractivity contribution is 5.80. The Kier molecular flexibility index (Phi) is 2.99. The molecule has 0 aromatic carbocycles. The van der Waals surface area contributed by atoms with Crippen LogP contribution in [0.15, 0.2) is 11.1 Å². The standard InChI is InChI=1S/C14H22O/c1-3-11-7-9-14(13(11)4-2)8-5-6-12(15)10-14/h3-10H2,1-2H3. The molecular weight excluding hydrogens is 184 g/mol. The lowest BCUT2D eigenvalue weighted by Crippen LogP contribution is -2.28. The van der Waals surface area contributed by atoms with Crippen molar-refractivity contribution in [1.29, 1.82) is 0 Å². The van der Waals surface area contributed by atoms with Gasteiger partial charge in [-0.2, -0.15) is 0 Å². The van der Waals surface area contributed by atoms with Crippen molar-refractivity contribution in [2.45, 2.75) is 65.2 Å². The first-order valence-electron chi connectivity index (χ1n) is 6.45. The molecule has 0 radical (unpaired) electrons. The predicted octanol–water partition coefficient (Wildman–Crippen LogP) is 4.03. The van der Waals surface area contributed by atoms with Crippen LogP contribution in [-0.4, -0.2) is 5.78 Å². The molecule has 0 amide bonds. The molecule has 1 nitrogen and oxygen atoms in total. The number of Topliss-reactive ketones (excluding diaryl/α,β-unsaturated/α-hetero) is 1. The minimum absolute atomic E-state index is 0.315. The average molecular weight is 206 g/mol. The van der Waals surface area contributed by atoms with Crippen LogP contribution >= 0.6 is 0 Å². The SMILES string of the molecule is CCC1=C(CC)C2(CCCC(=O)C2)CC1. The van der Waals surface area contributed by atoms with E-state index < -0.39 is 0 Å². The van der Waals surface area contributed by atoms with Crippen molar-refractivity contribution in [3.05, 3.63) is 11.1 Å². The number of allylic oxidation sites excluding steroid dienone is 2. The Morgan fingerprint density at radius 2 is 1.93 bits per heavy atom. The minimum Gasteiger partial charge on any atom is -0.300 e. The van der Waals surface area contributed by atoms with Gasteiger partial charge in [0.2, 0.25) is 0 Å². The maximum atomic E-state index is 11.7. The van der Waals surface area contributed by atoms with Crippen LogP contribution in [0.1, 0.15) is 65.2 Å². The third kappa shape index (κ3) is 1.77. The number of hydrogen-bond donors (Lipinski definition) is 0. The van der Waals surface area contributed by atoms with E-state index in [-0.39, 0.29) is 0 Å². The third-order valence-corrected chi connectivity index (χ3v) is 4.40. The highest BCUT2D eigenvalue weighted by atomic mass is 16.1. The summed E-state index contributed by atoms with van der Waals surface area (Å²) in [6.45, 7) is 4.52. The Bertz CT molecular complexity index is 300. The van der Waals surface area contributed by atoms with Gasteiger partial charge in [-0.1, -0.05) is 25.0 Å². The second-order valence-corrected chi connectivity index (χ2v) is 5.14. The van der Waals surface area contributed by atoms with Gasteiger partial charge in [0.15, 0.2) is 0 Å². The molecule has 0 aromatic heterocycles. The van der Waals surface area contributed by atoms with E-state index in [0.29, 0.717) is 11.2 Å². The third-order valence-electron chi connectivity index (χ3n) is 4.40. The summed E-state index contributed by atoms with van der Waals surface area (Å²) in [7, 11) is 0. The summed E-state index contributed by atoms with van der Waals surface area (Å²) in [5.74, 6) is 0.504. The molecule has 84 valence electrons. The van der Waals surface area contributed by atoms with Crippen LogP contribution in [0, 0.1) is 5.41 Å². The summed E-state index contributed by atoms with van der Waals surface area (Å²) in [6.07, 6.45) is 8.94. The second kappa shape index (κ2) is 4.11. The zero-order valence-electron chi connectivity index (χ0n) is 10.1. The van der Waals surface area contributed by atoms with Crippen LogP contribution in [0.3, 0.4) is 0 Å². The monoisotopic (exact) mass is 206 g/mol. The van der Waals surface area contributed by atoms with Gasteiger partial charge < -0.3 is 0 Å². The van der Waals surface area contributed by atoms with Gasteiger partial charge in [0.05, 0.1) is 0 Å². The number of hydrogen-bond acceptors (Lipinski definition) is 1. The van der Waals surface area contributed by atoms with Crippen molar-refractivity contribution in [2.24, 2.45) is 5.41 Å². The molecule has 15 heavy (non-hydrogen) atoms. The fourth-order valence-corrected chi connectivity index (χ4v) is 3.73. The first-order valence-corrected chi connectivity index (χ1v) is 6.45. The fourth-order valence-electron chi connectivity index (χ4n) is 3.73. The lowest BCUT2D eigenvalue weighted by atomic mass is 9.68. The van der Waals surface area contributed by atoms with Gasteiger partial charge in [0.25, 0.3) is 0 Å². The molecule has 1 spiro atoms. The van der Waals surface area contributed by atoms with Gasteiger partial charge in [-0.25, -0.2) is 0 Å². The molecule has 1 unspecified atom stereocenters. The van der Waals surface area contributed by atoms with Crippen molar-refractivity contribution in [3.8, 4) is 0 Å². The molecule has 1 fully saturated rings. The predicted molar refractivity (Wildman–Crippen MR) is 62.8 cm³/mol. The number of carbonyl (C=O) groups excluding carboxylic acids is 1. The topological polar surface area (TPSA) is 17.1 Å². The van der Waals surface area contributed by atoms with E-state index in [1.807, 2.05) is 0 Å². The Hall–Kier alpha value is -0.590. The van der Waals surface area contributed by atoms with Crippen molar-refractivity contribution >= 4 is 5.78 Å². The van der Waals surface area contributed by atoms with Crippen LogP contribution in [-0.2, 0) is 4.79 Å². The Balaban J connectivity index is 2.28. The molecule has 1 saturated carbocycles. The van der Waals surface area contributed by atoms with Crippen LogP contribution in [0.25, 0.3) is 0 Å². The van der Waals surface area contributed by atoms with Crippen LogP contribution in [0.4, 0.5) is 0 Å². The Labute approximate surface area is 92.9 Å². The van der Waals surface area contributed by atoms with Crippen LogP contribution in [0.2, 0.25) is 0 Å². The highest BCUT2D eigenvalue weighted by Crippen LogP contribution is 2.53. The summed E-state index contributed by atoms with van der Waals surface area (Å²) in [6, 6.07) is 0. The minimum atomic E-state index is 0.315. The number of carbonyl (C=O) groups is 1. The van der Waals surface area contributed by atoms with Crippen molar-refractivity contribution in [2.75, 3.05) is 0 Å². The molecule has 0 N–H and O–H groups in total. The highest BCUT2D eigenvalue weighted by Gasteiger charge is 2.42. The lowest BCUT2D eigenvalue weighted by molar-refractivity contribution is -0.123. The summed E-state index contributed by atoms with van der Waals surface area (Å²) in [4.78, 5) is 11.7. The van der Waals surface area contributed by atoms with Crippen molar-refractivity contribution in [3.63, 3.8) is 0 Å². The van der Waals surface area contributed by atoms with Crippen LogP contribution < -0.4 is 0 Å². The molecule has 1 heteroatoms. The first kappa shape index (κ1) is 10.9. The maximum absolute atomic E-state index is 11.7. The van der Waals surface area contributed by atoms with E-state index in [9.17, 15) is 4.79 Å². The summed E-state index contributed by atoms with van der Waals surface area (Å²) >= 11 is 0. The molecular formula is C14H22O. The summed E-state index contributed by atoms with van der Waals surface area (Å²) < 4.78 is 0. The lowest BCUT2D eigenvalue weighted by Gasteiger charge is -2.35. The normalized spacial score (nSPS) is 31.7. The van der Waals surface area contributed by atoms with Crippen LogP contribution in [0.5, 0.6) is 0 Å². The van der Waals surface area contributed by atoms with Crippen molar-refractivity contribution in [1.82, 2.24) is 0 Å². The fraction of sp³-hybridized carbons (Fsp3) is 0.786. The van der Waals surface area contributed by atoms with Gasteiger partial charge in [0.1, 0.15) is 5.78 Å². The first-order chi connectivity index (χ1) is 7.22. The Morgan fingerprint density at radius 1 is 1.13 bits per heavy atom. The molecule has 0 heterocycles. The number of rotatable bonds is 2. The molecule has 2 aliphatic carbocycles. The second-order valence-electron chi connectivity index (χ2n) is 5.14. The smallest absolute Gasteiger partial charge is 0.133 e. The molecule has 0 aliphatic heterocycles. The van der Waals surface area contributed by atoms with Gasteiger partial charge in [0, 0.05) is 12.8 Å². The number of ketones is 1. The molecule has 2 aliphatic rings. The van der Waals surface area contributed by atoms with E-state index in [2.05, 4.69) is 13.8 Å². The van der Waals surface area contributed by atoms with Gasteiger partial charge in [-0.05, 0) is 43.9 Å². The van der Waals surface area contributed by atoms with Gasteiger partial charge >= 0.3 is 0 Å². The van der Waals surface area contributed by atoms with E-state index >= 15 is 0 Å². The van der Waals surface area contributed by atoms with Crippen molar-refractivity contribution < 1.29 is 4.79 Å². The van der Waals surface area contributed by atoms with Gasteiger partial charge in [-0.15, -0.1) is 0 Å². The Morgan fingerprint density at radius 3 is 2.53 bits per heavy atom. The van der Waals surface area contributed by atoms with E-state index in [1.54, 1.807) is 11.1 Å². The largest absolute Gasteiger partial charge is 0.300 e. The summed E-state index contributed by atoms with van der Waals surface area (Å²) in [5, 5.41) is 0. The molecule has 2 rings (SSSR count). The van der Waals surface area contributed by atoms with E-state index in [4.69, 9.17) is 0 Å². The van der Waals surface area contributed by atoms with E-state index in [0.717, 1.165) is 25.7 Å².